The van der Waals surface area contributed by atoms with Gasteiger partial charge in [-0.1, -0.05) is 18.2 Å². The maximum atomic E-state index is 4.51. The molecule has 3 nitrogen and oxygen atoms in total. The van der Waals surface area contributed by atoms with Crippen LogP contribution in [0.25, 0.3) is 0 Å². The van der Waals surface area contributed by atoms with Crippen LogP contribution in [-0.2, 0) is 6.54 Å². The van der Waals surface area contributed by atoms with Crippen LogP contribution < -0.4 is 0 Å². The molecular formula is C11H9N3. The summed E-state index contributed by atoms with van der Waals surface area (Å²) in [5.41, 5.74) is 2.28. The quantitative estimate of drug-likeness (QED) is 0.605. The number of para-hydroxylation sites is 1. The molecule has 0 bridgehead atoms. The van der Waals surface area contributed by atoms with Gasteiger partial charge < -0.3 is 0 Å². The van der Waals surface area contributed by atoms with E-state index in [0.717, 1.165) is 18.1 Å². The first-order chi connectivity index (χ1) is 6.93. The molecular weight excluding hydrogens is 174 g/mol. The monoisotopic (exact) mass is 183 g/mol. The van der Waals surface area contributed by atoms with Gasteiger partial charge in [0.1, 0.15) is 5.84 Å². The number of hydrogen-bond acceptors (Lipinski definition) is 3. The molecule has 0 N–H and O–H groups in total. The highest BCUT2D eigenvalue weighted by molar-refractivity contribution is 6.01. The molecule has 2 aliphatic rings. The number of fused-ring (bicyclic) bond motifs is 2. The Bertz CT molecular complexity index is 457. The highest BCUT2D eigenvalue weighted by atomic mass is 15.5. The number of hydrogen-bond donors (Lipinski definition) is 0. The Kier molecular flexibility index (Phi) is 1.50. The van der Waals surface area contributed by atoms with E-state index in [9.17, 15) is 0 Å². The number of rotatable bonds is 0. The minimum atomic E-state index is 0.815. The number of benzene rings is 1. The lowest BCUT2D eigenvalue weighted by Crippen LogP contribution is -2.28. The van der Waals surface area contributed by atoms with Crippen LogP contribution in [0.2, 0.25) is 0 Å². The number of hydrazone groups is 1. The van der Waals surface area contributed by atoms with Gasteiger partial charge in [-0.3, -0.25) is 0 Å². The second kappa shape index (κ2) is 2.80. The maximum absolute atomic E-state index is 4.51. The number of nitrogens with zero attached hydrogens (tertiary/aromatic N) is 3. The summed E-state index contributed by atoms with van der Waals surface area (Å²) in [5, 5.41) is 6.15. The van der Waals surface area contributed by atoms with E-state index in [-0.39, 0.29) is 0 Å². The summed E-state index contributed by atoms with van der Waals surface area (Å²) in [6, 6.07) is 8.16. The first kappa shape index (κ1) is 7.50. The number of allylic oxidation sites excluding steroid dienone is 1. The zero-order valence-electron chi connectivity index (χ0n) is 7.59. The van der Waals surface area contributed by atoms with Crippen LogP contribution in [-0.4, -0.2) is 17.1 Å². The van der Waals surface area contributed by atoms with E-state index in [2.05, 4.69) is 16.2 Å². The van der Waals surface area contributed by atoms with Gasteiger partial charge in [-0.2, -0.15) is 5.10 Å². The highest BCUT2D eigenvalue weighted by Gasteiger charge is 2.17. The molecule has 2 aliphatic heterocycles. The van der Waals surface area contributed by atoms with Gasteiger partial charge in [0, 0.05) is 6.21 Å². The standard InChI is InChI=1S/C11H9N3/c1-2-5-10-9(4-1)8-14-11(13-10)6-3-7-12-14/h1-7H,8H2. The van der Waals surface area contributed by atoms with Crippen molar-refractivity contribution in [3.05, 3.63) is 42.0 Å². The van der Waals surface area contributed by atoms with Crippen molar-refractivity contribution in [1.82, 2.24) is 5.01 Å². The molecule has 1 aromatic carbocycles. The van der Waals surface area contributed by atoms with Crippen LogP contribution in [0.1, 0.15) is 5.56 Å². The zero-order valence-corrected chi connectivity index (χ0v) is 7.59. The Hall–Kier alpha value is -1.90. The van der Waals surface area contributed by atoms with E-state index in [1.807, 2.05) is 35.4 Å². The van der Waals surface area contributed by atoms with Crippen molar-refractivity contribution in [2.75, 3.05) is 0 Å². The lowest BCUT2D eigenvalue weighted by Gasteiger charge is -2.25. The van der Waals surface area contributed by atoms with Crippen molar-refractivity contribution < 1.29 is 0 Å². The summed E-state index contributed by atoms with van der Waals surface area (Å²) in [5.74, 6) is 0.922. The van der Waals surface area contributed by atoms with Crippen molar-refractivity contribution in [2.45, 2.75) is 6.54 Å². The van der Waals surface area contributed by atoms with Gasteiger partial charge in [-0.15, -0.1) is 0 Å². The fourth-order valence-electron chi connectivity index (χ4n) is 1.65. The summed E-state index contributed by atoms with van der Waals surface area (Å²) in [7, 11) is 0. The molecule has 0 fully saturated rings. The second-order valence-electron chi connectivity index (χ2n) is 3.28. The molecule has 0 spiro atoms. The lowest BCUT2D eigenvalue weighted by atomic mass is 10.1. The van der Waals surface area contributed by atoms with Crippen molar-refractivity contribution >= 4 is 17.7 Å². The molecule has 0 unspecified atom stereocenters. The van der Waals surface area contributed by atoms with E-state index in [0.29, 0.717) is 0 Å². The van der Waals surface area contributed by atoms with Gasteiger partial charge in [0.15, 0.2) is 0 Å². The topological polar surface area (TPSA) is 28.0 Å². The first-order valence-electron chi connectivity index (χ1n) is 4.58. The Labute approximate surface area is 82.1 Å². The fraction of sp³-hybridized carbons (Fsp3) is 0.0909. The van der Waals surface area contributed by atoms with Crippen molar-refractivity contribution in [1.29, 1.82) is 0 Å². The van der Waals surface area contributed by atoms with Gasteiger partial charge in [-0.25, -0.2) is 10.0 Å². The van der Waals surface area contributed by atoms with Crippen molar-refractivity contribution in [3.8, 4) is 0 Å². The Morgan fingerprint density at radius 3 is 3.14 bits per heavy atom. The van der Waals surface area contributed by atoms with Crippen LogP contribution in [0.15, 0.2) is 46.5 Å². The average Bonchev–Trinajstić information content (AvgIpc) is 2.26. The third-order valence-electron chi connectivity index (χ3n) is 2.35. The molecule has 0 saturated carbocycles. The smallest absolute Gasteiger partial charge is 0.149 e. The zero-order chi connectivity index (χ0) is 9.38. The molecule has 0 atom stereocenters. The summed E-state index contributed by atoms with van der Waals surface area (Å²) >= 11 is 0. The van der Waals surface area contributed by atoms with Crippen molar-refractivity contribution in [3.63, 3.8) is 0 Å². The molecule has 0 aromatic heterocycles. The van der Waals surface area contributed by atoms with Gasteiger partial charge in [-0.05, 0) is 23.8 Å². The van der Waals surface area contributed by atoms with Crippen LogP contribution in [0, 0.1) is 0 Å². The van der Waals surface area contributed by atoms with Crippen LogP contribution in [0.3, 0.4) is 0 Å². The number of aliphatic imine (C=N–C) groups is 1. The lowest BCUT2D eigenvalue weighted by molar-refractivity contribution is 0.436. The molecule has 0 saturated heterocycles. The minimum absolute atomic E-state index is 0.815. The molecule has 2 heterocycles. The summed E-state index contributed by atoms with van der Waals surface area (Å²) in [6.07, 6.45) is 5.67. The van der Waals surface area contributed by atoms with E-state index in [1.165, 1.54) is 5.56 Å². The average molecular weight is 183 g/mol. The summed E-state index contributed by atoms with van der Waals surface area (Å²) in [4.78, 5) is 4.51. The summed E-state index contributed by atoms with van der Waals surface area (Å²) in [6.45, 7) is 0.815. The normalized spacial score (nSPS) is 17.4. The highest BCUT2D eigenvalue weighted by Crippen LogP contribution is 2.26. The molecule has 1 aromatic rings. The van der Waals surface area contributed by atoms with Gasteiger partial charge in [0.05, 0.1) is 12.2 Å². The Balaban J connectivity index is 2.13. The van der Waals surface area contributed by atoms with Gasteiger partial charge in [0.25, 0.3) is 0 Å². The molecule has 3 heteroatoms. The van der Waals surface area contributed by atoms with E-state index < -0.39 is 0 Å². The Morgan fingerprint density at radius 2 is 2.14 bits per heavy atom. The molecule has 68 valence electrons. The van der Waals surface area contributed by atoms with Crippen LogP contribution in [0.5, 0.6) is 0 Å². The predicted octanol–water partition coefficient (Wildman–Crippen LogP) is 2.09. The minimum Gasteiger partial charge on any atom is -0.243 e. The third-order valence-corrected chi connectivity index (χ3v) is 2.35. The molecule has 14 heavy (non-hydrogen) atoms. The SMILES string of the molecule is C1=CC2=Nc3ccccc3CN2N=C1. The third kappa shape index (κ3) is 1.06. The second-order valence-corrected chi connectivity index (χ2v) is 3.28. The molecule has 0 aliphatic carbocycles. The van der Waals surface area contributed by atoms with E-state index in [1.54, 1.807) is 6.21 Å². The van der Waals surface area contributed by atoms with E-state index >= 15 is 0 Å². The van der Waals surface area contributed by atoms with Crippen LogP contribution >= 0.6 is 0 Å². The first-order valence-corrected chi connectivity index (χ1v) is 4.58. The van der Waals surface area contributed by atoms with E-state index in [4.69, 9.17) is 0 Å². The number of amidine groups is 1. The summed E-state index contributed by atoms with van der Waals surface area (Å²) < 4.78 is 0. The Morgan fingerprint density at radius 1 is 1.21 bits per heavy atom. The fourth-order valence-corrected chi connectivity index (χ4v) is 1.65. The molecule has 0 amide bonds. The van der Waals surface area contributed by atoms with Crippen molar-refractivity contribution in [2.24, 2.45) is 10.1 Å². The largest absolute Gasteiger partial charge is 0.243 e. The molecule has 0 radical (unpaired) electrons. The maximum Gasteiger partial charge on any atom is 0.149 e. The van der Waals surface area contributed by atoms with Gasteiger partial charge in [0.2, 0.25) is 0 Å². The van der Waals surface area contributed by atoms with Crippen LogP contribution in [0.4, 0.5) is 5.69 Å². The van der Waals surface area contributed by atoms with Gasteiger partial charge >= 0.3 is 0 Å². The predicted molar refractivity (Wildman–Crippen MR) is 56.7 cm³/mol. The molecule has 3 rings (SSSR count).